The SMILES string of the molecule is CNCCC1CCCCN1C(=O)CC1CCCCCC1. The first-order valence-corrected chi connectivity index (χ1v) is 8.75. The van der Waals surface area contributed by atoms with Crippen LogP contribution in [0.3, 0.4) is 0 Å². The number of carbonyl (C=O) groups is 1. The van der Waals surface area contributed by atoms with Crippen molar-refractivity contribution in [3.05, 3.63) is 0 Å². The molecule has 0 aromatic rings. The molecule has 1 atom stereocenters. The van der Waals surface area contributed by atoms with Crippen LogP contribution in [0.15, 0.2) is 0 Å². The van der Waals surface area contributed by atoms with E-state index in [1.165, 1.54) is 57.8 Å². The molecule has 3 heteroatoms. The molecule has 1 unspecified atom stereocenters. The number of amides is 1. The van der Waals surface area contributed by atoms with Gasteiger partial charge in [0, 0.05) is 19.0 Å². The van der Waals surface area contributed by atoms with Crippen molar-refractivity contribution in [1.82, 2.24) is 10.2 Å². The van der Waals surface area contributed by atoms with E-state index in [9.17, 15) is 4.79 Å². The zero-order valence-corrected chi connectivity index (χ0v) is 13.2. The number of likely N-dealkylation sites (tertiary alicyclic amines) is 1. The van der Waals surface area contributed by atoms with Crippen molar-refractivity contribution in [3.8, 4) is 0 Å². The number of rotatable bonds is 5. The molecule has 0 radical (unpaired) electrons. The first-order valence-electron chi connectivity index (χ1n) is 8.75. The summed E-state index contributed by atoms with van der Waals surface area (Å²) in [5.74, 6) is 1.11. The number of piperidine rings is 1. The molecule has 116 valence electrons. The average molecular weight is 280 g/mol. The number of nitrogens with one attached hydrogen (secondary N) is 1. The number of nitrogens with zero attached hydrogens (tertiary/aromatic N) is 1. The van der Waals surface area contributed by atoms with Gasteiger partial charge in [-0.05, 0) is 58.0 Å². The molecule has 1 N–H and O–H groups in total. The second-order valence-electron chi connectivity index (χ2n) is 6.69. The van der Waals surface area contributed by atoms with Gasteiger partial charge in [0.05, 0.1) is 0 Å². The van der Waals surface area contributed by atoms with E-state index in [0.717, 1.165) is 25.9 Å². The summed E-state index contributed by atoms with van der Waals surface area (Å²) in [6.45, 7) is 2.03. The fraction of sp³-hybridized carbons (Fsp3) is 0.941. The number of carbonyl (C=O) groups excluding carboxylic acids is 1. The summed E-state index contributed by atoms with van der Waals surface area (Å²) >= 11 is 0. The van der Waals surface area contributed by atoms with Crippen LogP contribution in [-0.2, 0) is 4.79 Å². The summed E-state index contributed by atoms with van der Waals surface area (Å²) in [7, 11) is 2.00. The monoisotopic (exact) mass is 280 g/mol. The predicted molar refractivity (Wildman–Crippen MR) is 83.7 cm³/mol. The lowest BCUT2D eigenvalue weighted by atomic mass is 9.93. The van der Waals surface area contributed by atoms with Crippen LogP contribution in [0, 0.1) is 5.92 Å². The summed E-state index contributed by atoms with van der Waals surface area (Å²) < 4.78 is 0. The van der Waals surface area contributed by atoms with E-state index in [2.05, 4.69) is 10.2 Å². The molecule has 1 saturated heterocycles. The molecule has 1 aliphatic carbocycles. The first-order chi connectivity index (χ1) is 9.81. The summed E-state index contributed by atoms with van der Waals surface area (Å²) in [5.41, 5.74) is 0. The maximum Gasteiger partial charge on any atom is 0.223 e. The largest absolute Gasteiger partial charge is 0.340 e. The summed E-state index contributed by atoms with van der Waals surface area (Å²) in [6, 6.07) is 0.495. The van der Waals surface area contributed by atoms with Crippen molar-refractivity contribution < 1.29 is 4.79 Å². The quantitative estimate of drug-likeness (QED) is 0.783. The van der Waals surface area contributed by atoms with Gasteiger partial charge in [-0.1, -0.05) is 25.7 Å². The molecule has 20 heavy (non-hydrogen) atoms. The standard InChI is InChI=1S/C17H32N2O/c1-18-12-11-16-10-6-7-13-19(16)17(20)14-15-8-4-2-3-5-9-15/h15-16,18H,2-14H2,1H3. The molecule has 0 aromatic carbocycles. The molecule has 2 rings (SSSR count). The van der Waals surface area contributed by atoms with E-state index in [-0.39, 0.29) is 0 Å². The van der Waals surface area contributed by atoms with Gasteiger partial charge in [0.25, 0.3) is 0 Å². The van der Waals surface area contributed by atoms with E-state index < -0.39 is 0 Å². The van der Waals surface area contributed by atoms with Crippen molar-refractivity contribution in [2.24, 2.45) is 5.92 Å². The van der Waals surface area contributed by atoms with Crippen molar-refractivity contribution in [2.45, 2.75) is 76.7 Å². The van der Waals surface area contributed by atoms with Gasteiger partial charge in [-0.2, -0.15) is 0 Å². The Bertz CT molecular complexity index is 285. The van der Waals surface area contributed by atoms with Crippen molar-refractivity contribution in [3.63, 3.8) is 0 Å². The Morgan fingerprint density at radius 1 is 1.05 bits per heavy atom. The highest BCUT2D eigenvalue weighted by molar-refractivity contribution is 5.76. The minimum Gasteiger partial charge on any atom is -0.340 e. The third-order valence-corrected chi connectivity index (χ3v) is 5.11. The predicted octanol–water partition coefficient (Wildman–Crippen LogP) is 3.34. The molecule has 1 saturated carbocycles. The van der Waals surface area contributed by atoms with Gasteiger partial charge < -0.3 is 10.2 Å². The molecule has 1 heterocycles. The Morgan fingerprint density at radius 2 is 1.75 bits per heavy atom. The Morgan fingerprint density at radius 3 is 2.45 bits per heavy atom. The zero-order valence-electron chi connectivity index (χ0n) is 13.2. The van der Waals surface area contributed by atoms with Crippen LogP contribution >= 0.6 is 0 Å². The van der Waals surface area contributed by atoms with Crippen molar-refractivity contribution in [2.75, 3.05) is 20.1 Å². The van der Waals surface area contributed by atoms with Gasteiger partial charge in [-0.25, -0.2) is 0 Å². The molecular weight excluding hydrogens is 248 g/mol. The average Bonchev–Trinajstić information content (AvgIpc) is 2.74. The second kappa shape index (κ2) is 8.66. The Hall–Kier alpha value is -0.570. The van der Waals surface area contributed by atoms with Crippen molar-refractivity contribution >= 4 is 5.91 Å². The molecular formula is C17H32N2O. The van der Waals surface area contributed by atoms with E-state index >= 15 is 0 Å². The van der Waals surface area contributed by atoms with Crippen LogP contribution in [0.5, 0.6) is 0 Å². The van der Waals surface area contributed by atoms with Gasteiger partial charge in [-0.15, -0.1) is 0 Å². The highest BCUT2D eigenvalue weighted by Crippen LogP contribution is 2.28. The number of hydrogen-bond donors (Lipinski definition) is 1. The lowest BCUT2D eigenvalue weighted by Crippen LogP contribution is -2.45. The molecule has 2 aliphatic rings. The van der Waals surface area contributed by atoms with Gasteiger partial charge in [0.15, 0.2) is 0 Å². The highest BCUT2D eigenvalue weighted by Gasteiger charge is 2.27. The van der Waals surface area contributed by atoms with E-state index in [1.807, 2.05) is 7.05 Å². The second-order valence-corrected chi connectivity index (χ2v) is 6.69. The Labute approximate surface area is 124 Å². The molecule has 2 fully saturated rings. The normalized spacial score (nSPS) is 25.4. The Kier molecular flexibility index (Phi) is 6.85. The topological polar surface area (TPSA) is 32.3 Å². The van der Waals surface area contributed by atoms with E-state index in [4.69, 9.17) is 0 Å². The first kappa shape index (κ1) is 15.8. The van der Waals surface area contributed by atoms with Gasteiger partial charge in [-0.3, -0.25) is 4.79 Å². The minimum absolute atomic E-state index is 0.442. The lowest BCUT2D eigenvalue weighted by molar-refractivity contribution is -0.136. The highest BCUT2D eigenvalue weighted by atomic mass is 16.2. The third kappa shape index (κ3) is 4.76. The maximum atomic E-state index is 12.7. The lowest BCUT2D eigenvalue weighted by Gasteiger charge is -2.36. The van der Waals surface area contributed by atoms with Crippen LogP contribution in [-0.4, -0.2) is 37.0 Å². The zero-order chi connectivity index (χ0) is 14.2. The fourth-order valence-electron chi connectivity index (χ4n) is 3.87. The summed E-state index contributed by atoms with van der Waals surface area (Å²) in [6.07, 6.45) is 13.6. The molecule has 1 aliphatic heterocycles. The molecule has 1 amide bonds. The van der Waals surface area contributed by atoms with Crippen LogP contribution in [0.2, 0.25) is 0 Å². The summed E-state index contributed by atoms with van der Waals surface area (Å²) in [4.78, 5) is 14.9. The molecule has 0 aromatic heterocycles. The number of hydrogen-bond acceptors (Lipinski definition) is 2. The van der Waals surface area contributed by atoms with E-state index in [0.29, 0.717) is 17.9 Å². The van der Waals surface area contributed by atoms with Gasteiger partial charge in [0.2, 0.25) is 5.91 Å². The fourth-order valence-corrected chi connectivity index (χ4v) is 3.87. The maximum absolute atomic E-state index is 12.7. The minimum atomic E-state index is 0.442. The van der Waals surface area contributed by atoms with Crippen LogP contribution < -0.4 is 5.32 Å². The smallest absolute Gasteiger partial charge is 0.223 e. The van der Waals surface area contributed by atoms with Gasteiger partial charge in [0.1, 0.15) is 0 Å². The van der Waals surface area contributed by atoms with Gasteiger partial charge >= 0.3 is 0 Å². The summed E-state index contributed by atoms with van der Waals surface area (Å²) in [5, 5.41) is 3.23. The molecule has 0 spiro atoms. The van der Waals surface area contributed by atoms with Crippen molar-refractivity contribution in [1.29, 1.82) is 0 Å². The molecule has 0 bridgehead atoms. The third-order valence-electron chi connectivity index (χ3n) is 5.11. The van der Waals surface area contributed by atoms with Crippen LogP contribution in [0.4, 0.5) is 0 Å². The Balaban J connectivity index is 1.84. The van der Waals surface area contributed by atoms with E-state index in [1.54, 1.807) is 0 Å². The molecule has 3 nitrogen and oxygen atoms in total. The van der Waals surface area contributed by atoms with Crippen LogP contribution in [0.1, 0.15) is 70.6 Å². The van der Waals surface area contributed by atoms with Crippen LogP contribution in [0.25, 0.3) is 0 Å².